The van der Waals surface area contributed by atoms with Crippen LogP contribution in [0.3, 0.4) is 0 Å². The van der Waals surface area contributed by atoms with Gasteiger partial charge in [0.2, 0.25) is 0 Å². The first-order valence-corrected chi connectivity index (χ1v) is 4.82. The van der Waals surface area contributed by atoms with Crippen molar-refractivity contribution in [3.63, 3.8) is 0 Å². The Bertz CT molecular complexity index is 132. The number of hydrogen-bond donors (Lipinski definition) is 1. The fraction of sp³-hybridized carbons (Fsp3) is 0.800. The number of allylic oxidation sites excluding steroid dienone is 1. The fourth-order valence-electron chi connectivity index (χ4n) is 1.47. The molecule has 1 aliphatic rings. The Morgan fingerprint density at radius 3 is 3.08 bits per heavy atom. The molecule has 0 saturated carbocycles. The van der Waals surface area contributed by atoms with Crippen LogP contribution < -0.4 is 0 Å². The smallest absolute Gasteiger partial charge is 0.0757 e. The normalized spacial score (nSPS) is 24.9. The lowest BCUT2D eigenvalue weighted by atomic mass is 10.0. The molecule has 70 valence electrons. The Labute approximate surface area is 74.2 Å². The molecule has 0 radical (unpaired) electrons. The molecule has 12 heavy (non-hydrogen) atoms. The van der Waals surface area contributed by atoms with E-state index in [0.717, 1.165) is 6.42 Å². The summed E-state index contributed by atoms with van der Waals surface area (Å²) in [6, 6.07) is 0. The summed E-state index contributed by atoms with van der Waals surface area (Å²) in [5.41, 5.74) is 0. The quantitative estimate of drug-likeness (QED) is 0.655. The minimum Gasteiger partial charge on any atom is -0.394 e. The molecule has 1 N–H and O–H groups in total. The summed E-state index contributed by atoms with van der Waals surface area (Å²) < 4.78 is 5.43. The minimum absolute atomic E-state index is 0.129. The molecule has 0 saturated heterocycles. The molecule has 1 aliphatic carbocycles. The second-order valence-electron chi connectivity index (χ2n) is 3.20. The predicted octanol–water partition coefficient (Wildman–Crippen LogP) is 1.88. The van der Waals surface area contributed by atoms with Gasteiger partial charge in [-0.3, -0.25) is 0 Å². The number of hydrogen-bond acceptors (Lipinski definition) is 2. The molecule has 1 unspecified atom stereocenters. The molecule has 0 spiro atoms. The van der Waals surface area contributed by atoms with Gasteiger partial charge in [0.25, 0.3) is 0 Å². The summed E-state index contributed by atoms with van der Waals surface area (Å²) in [6.45, 7) is 0.597. The molecule has 0 aromatic heterocycles. The van der Waals surface area contributed by atoms with Crippen molar-refractivity contribution < 1.29 is 9.84 Å². The van der Waals surface area contributed by atoms with Gasteiger partial charge in [-0.05, 0) is 19.3 Å². The highest BCUT2D eigenvalue weighted by molar-refractivity contribution is 4.91. The number of aliphatic hydroxyl groups is 1. The second kappa shape index (κ2) is 6.21. The number of rotatable bonds is 3. The Morgan fingerprint density at radius 1 is 1.33 bits per heavy atom. The molecule has 2 nitrogen and oxygen atoms in total. The zero-order chi connectivity index (χ0) is 8.65. The molecule has 0 heterocycles. The highest BCUT2D eigenvalue weighted by Gasteiger charge is 2.05. The van der Waals surface area contributed by atoms with Gasteiger partial charge in [-0.2, -0.15) is 0 Å². The molecule has 0 aliphatic heterocycles. The van der Waals surface area contributed by atoms with E-state index >= 15 is 0 Å². The van der Waals surface area contributed by atoms with Crippen molar-refractivity contribution in [1.29, 1.82) is 0 Å². The van der Waals surface area contributed by atoms with Crippen LogP contribution in [-0.4, -0.2) is 24.4 Å². The Balaban J connectivity index is 2.23. The van der Waals surface area contributed by atoms with Crippen molar-refractivity contribution in [1.82, 2.24) is 0 Å². The van der Waals surface area contributed by atoms with Crippen molar-refractivity contribution >= 4 is 0 Å². The maximum Gasteiger partial charge on any atom is 0.0757 e. The van der Waals surface area contributed by atoms with Gasteiger partial charge < -0.3 is 9.84 Å². The first-order valence-electron chi connectivity index (χ1n) is 4.82. The number of ether oxygens (including phenoxy) is 1. The van der Waals surface area contributed by atoms with Crippen LogP contribution in [0.1, 0.15) is 32.1 Å². The van der Waals surface area contributed by atoms with Gasteiger partial charge in [0.1, 0.15) is 0 Å². The van der Waals surface area contributed by atoms with E-state index in [1.54, 1.807) is 0 Å². The fourth-order valence-corrected chi connectivity index (χ4v) is 1.47. The van der Waals surface area contributed by atoms with Crippen LogP contribution in [0.15, 0.2) is 12.2 Å². The maximum absolute atomic E-state index is 8.57. The summed E-state index contributed by atoms with van der Waals surface area (Å²) in [7, 11) is 0. The summed E-state index contributed by atoms with van der Waals surface area (Å²) in [5.74, 6) is 0. The van der Waals surface area contributed by atoms with Gasteiger partial charge in [-0.1, -0.05) is 25.0 Å². The van der Waals surface area contributed by atoms with E-state index in [1.807, 2.05) is 0 Å². The highest BCUT2D eigenvalue weighted by Crippen LogP contribution is 2.13. The third-order valence-corrected chi connectivity index (χ3v) is 2.13. The van der Waals surface area contributed by atoms with Crippen LogP contribution in [0.2, 0.25) is 0 Å². The third kappa shape index (κ3) is 3.88. The van der Waals surface area contributed by atoms with Crippen LogP contribution in [0.25, 0.3) is 0 Å². The monoisotopic (exact) mass is 170 g/mol. The van der Waals surface area contributed by atoms with Crippen molar-refractivity contribution in [2.75, 3.05) is 13.2 Å². The van der Waals surface area contributed by atoms with Crippen molar-refractivity contribution in [2.45, 2.75) is 38.2 Å². The number of aliphatic hydroxyl groups excluding tert-OH is 1. The molecule has 1 atom stereocenters. The van der Waals surface area contributed by atoms with Crippen LogP contribution in [0.5, 0.6) is 0 Å². The summed E-state index contributed by atoms with van der Waals surface area (Å²) in [4.78, 5) is 0. The van der Waals surface area contributed by atoms with E-state index in [4.69, 9.17) is 9.84 Å². The standard InChI is InChI=1S/C10H18O2/c11-8-9-12-10-6-4-2-1-3-5-7-10/h4,6,10-11H,1-3,5,7-9H2. The van der Waals surface area contributed by atoms with Crippen LogP contribution in [0.4, 0.5) is 0 Å². The van der Waals surface area contributed by atoms with Crippen molar-refractivity contribution in [3.05, 3.63) is 12.2 Å². The van der Waals surface area contributed by atoms with E-state index in [0.29, 0.717) is 6.61 Å². The first kappa shape index (κ1) is 9.75. The summed E-state index contributed by atoms with van der Waals surface area (Å²) >= 11 is 0. The first-order chi connectivity index (χ1) is 5.93. The average molecular weight is 170 g/mol. The molecule has 1 rings (SSSR count). The minimum atomic E-state index is 0.129. The van der Waals surface area contributed by atoms with E-state index < -0.39 is 0 Å². The maximum atomic E-state index is 8.57. The van der Waals surface area contributed by atoms with E-state index in [2.05, 4.69) is 12.2 Å². The lowest BCUT2D eigenvalue weighted by molar-refractivity contribution is 0.0483. The van der Waals surface area contributed by atoms with Gasteiger partial charge in [-0.15, -0.1) is 0 Å². The second-order valence-corrected chi connectivity index (χ2v) is 3.20. The van der Waals surface area contributed by atoms with Crippen LogP contribution >= 0.6 is 0 Å². The molecule has 2 heteroatoms. The lowest BCUT2D eigenvalue weighted by Gasteiger charge is -2.15. The van der Waals surface area contributed by atoms with Crippen molar-refractivity contribution in [2.24, 2.45) is 0 Å². The third-order valence-electron chi connectivity index (χ3n) is 2.13. The van der Waals surface area contributed by atoms with E-state index in [-0.39, 0.29) is 12.7 Å². The lowest BCUT2D eigenvalue weighted by Crippen LogP contribution is -2.13. The largest absolute Gasteiger partial charge is 0.394 e. The summed E-state index contributed by atoms with van der Waals surface area (Å²) in [5, 5.41) is 8.57. The molecule has 0 amide bonds. The van der Waals surface area contributed by atoms with Gasteiger partial charge in [0, 0.05) is 0 Å². The van der Waals surface area contributed by atoms with Crippen LogP contribution in [-0.2, 0) is 4.74 Å². The van der Waals surface area contributed by atoms with E-state index in [1.165, 1.54) is 25.7 Å². The van der Waals surface area contributed by atoms with Gasteiger partial charge in [-0.25, -0.2) is 0 Å². The molecule has 0 aromatic carbocycles. The molecule has 0 fully saturated rings. The topological polar surface area (TPSA) is 29.5 Å². The molecular weight excluding hydrogens is 152 g/mol. The van der Waals surface area contributed by atoms with Crippen LogP contribution in [0, 0.1) is 0 Å². The molecular formula is C10H18O2. The highest BCUT2D eigenvalue weighted by atomic mass is 16.5. The zero-order valence-electron chi connectivity index (χ0n) is 7.54. The van der Waals surface area contributed by atoms with Crippen molar-refractivity contribution in [3.8, 4) is 0 Å². The summed E-state index contributed by atoms with van der Waals surface area (Å²) in [6.07, 6.45) is 10.7. The Morgan fingerprint density at radius 2 is 2.25 bits per heavy atom. The predicted molar refractivity (Wildman–Crippen MR) is 49.1 cm³/mol. The molecule has 0 aromatic rings. The van der Waals surface area contributed by atoms with Gasteiger partial charge >= 0.3 is 0 Å². The average Bonchev–Trinajstić information content (AvgIpc) is 2.02. The zero-order valence-corrected chi connectivity index (χ0v) is 7.54. The van der Waals surface area contributed by atoms with E-state index in [9.17, 15) is 0 Å². The molecule has 0 bridgehead atoms. The van der Waals surface area contributed by atoms with Gasteiger partial charge in [0.05, 0.1) is 19.3 Å². The van der Waals surface area contributed by atoms with Gasteiger partial charge in [0.15, 0.2) is 0 Å². The SMILES string of the molecule is OCCOC1C=CCCCCC1. The Hall–Kier alpha value is -0.340. The Kier molecular flexibility index (Phi) is 5.04.